The number of allylic oxidation sites excluding steroid dienone is 3. The van der Waals surface area contributed by atoms with Gasteiger partial charge in [0.2, 0.25) is 5.91 Å². The molecule has 2 aliphatic heterocycles. The first kappa shape index (κ1) is 15.5. The predicted octanol–water partition coefficient (Wildman–Crippen LogP) is 2.34. The third-order valence-electron chi connectivity index (χ3n) is 5.16. The Kier molecular flexibility index (Phi) is 4.39. The first-order valence-electron chi connectivity index (χ1n) is 8.93. The zero-order valence-corrected chi connectivity index (χ0v) is 14.0. The van der Waals surface area contributed by atoms with E-state index < -0.39 is 0 Å². The average molecular weight is 324 g/mol. The number of benzene rings is 1. The Bertz CT molecular complexity index is 687. The van der Waals surface area contributed by atoms with Crippen LogP contribution in [-0.4, -0.2) is 36.6 Å². The molecule has 0 spiro atoms. The third-order valence-corrected chi connectivity index (χ3v) is 5.16. The molecule has 1 N–H and O–H groups in total. The molecule has 0 aromatic heterocycles. The van der Waals surface area contributed by atoms with Crippen LogP contribution in [-0.2, 0) is 28.9 Å². The number of carbonyl (C=O) groups is 1. The van der Waals surface area contributed by atoms with Gasteiger partial charge in [-0.3, -0.25) is 4.79 Å². The van der Waals surface area contributed by atoms with E-state index in [0.717, 1.165) is 38.8 Å². The SMILES string of the molecule is O=C(NCc1ccc2c(c1)CCN(C1=CC=C1)CC2)[C@H]1CCCO1. The highest BCUT2D eigenvalue weighted by atomic mass is 16.5. The quantitative estimate of drug-likeness (QED) is 0.924. The highest BCUT2D eigenvalue weighted by Gasteiger charge is 2.23. The summed E-state index contributed by atoms with van der Waals surface area (Å²) in [5.74, 6) is 0.0253. The van der Waals surface area contributed by atoms with Crippen LogP contribution in [0.15, 0.2) is 42.1 Å². The Morgan fingerprint density at radius 3 is 2.79 bits per heavy atom. The first-order chi connectivity index (χ1) is 11.8. The maximum atomic E-state index is 12.1. The standard InChI is InChI=1S/C20H24N2O2/c23-20(19-5-2-12-24-19)21-14-15-6-7-16-8-10-22(18-3-1-4-18)11-9-17(16)13-15/h1,3-4,6-7,13,19H,2,5,8-12,14H2,(H,21,23)/t19-/m1/s1. The summed E-state index contributed by atoms with van der Waals surface area (Å²) in [7, 11) is 0. The molecule has 4 rings (SSSR count). The largest absolute Gasteiger partial charge is 0.371 e. The topological polar surface area (TPSA) is 41.6 Å². The van der Waals surface area contributed by atoms with Crippen molar-refractivity contribution < 1.29 is 9.53 Å². The molecule has 1 amide bonds. The van der Waals surface area contributed by atoms with Crippen molar-refractivity contribution in [1.82, 2.24) is 10.2 Å². The number of rotatable bonds is 4. The molecule has 24 heavy (non-hydrogen) atoms. The fourth-order valence-electron chi connectivity index (χ4n) is 3.63. The van der Waals surface area contributed by atoms with Gasteiger partial charge in [-0.15, -0.1) is 0 Å². The van der Waals surface area contributed by atoms with Gasteiger partial charge in [0, 0.05) is 31.9 Å². The monoisotopic (exact) mass is 324 g/mol. The molecule has 0 saturated carbocycles. The molecule has 1 saturated heterocycles. The molecule has 2 heterocycles. The van der Waals surface area contributed by atoms with E-state index in [0.29, 0.717) is 13.2 Å². The van der Waals surface area contributed by atoms with Gasteiger partial charge in [-0.1, -0.05) is 24.3 Å². The van der Waals surface area contributed by atoms with Gasteiger partial charge in [0.25, 0.3) is 0 Å². The molecule has 1 aliphatic carbocycles. The Hall–Kier alpha value is -2.07. The lowest BCUT2D eigenvalue weighted by atomic mass is 10.00. The van der Waals surface area contributed by atoms with Gasteiger partial charge >= 0.3 is 0 Å². The summed E-state index contributed by atoms with van der Waals surface area (Å²) in [5.41, 5.74) is 5.39. The molecule has 126 valence electrons. The Labute approximate surface area is 143 Å². The minimum atomic E-state index is -0.247. The van der Waals surface area contributed by atoms with E-state index >= 15 is 0 Å². The van der Waals surface area contributed by atoms with Gasteiger partial charge in [-0.2, -0.15) is 0 Å². The maximum absolute atomic E-state index is 12.1. The molecule has 3 aliphatic rings. The van der Waals surface area contributed by atoms with Crippen LogP contribution < -0.4 is 5.32 Å². The lowest BCUT2D eigenvalue weighted by molar-refractivity contribution is -0.130. The summed E-state index contributed by atoms with van der Waals surface area (Å²) in [6.07, 6.45) is 10.2. The number of hydrogen-bond donors (Lipinski definition) is 1. The van der Waals surface area contributed by atoms with E-state index in [-0.39, 0.29) is 12.0 Å². The van der Waals surface area contributed by atoms with Crippen molar-refractivity contribution in [1.29, 1.82) is 0 Å². The van der Waals surface area contributed by atoms with Gasteiger partial charge in [0.1, 0.15) is 6.10 Å². The zero-order valence-electron chi connectivity index (χ0n) is 14.0. The molecular formula is C20H24N2O2. The van der Waals surface area contributed by atoms with Gasteiger partial charge in [-0.25, -0.2) is 0 Å². The van der Waals surface area contributed by atoms with Crippen molar-refractivity contribution in [3.8, 4) is 0 Å². The molecule has 0 bridgehead atoms. The van der Waals surface area contributed by atoms with Crippen LogP contribution in [0, 0.1) is 0 Å². The van der Waals surface area contributed by atoms with Crippen molar-refractivity contribution in [3.63, 3.8) is 0 Å². The summed E-state index contributed by atoms with van der Waals surface area (Å²) >= 11 is 0. The molecule has 1 aromatic rings. The smallest absolute Gasteiger partial charge is 0.249 e. The second kappa shape index (κ2) is 6.81. The van der Waals surface area contributed by atoms with Crippen molar-refractivity contribution >= 4 is 5.91 Å². The summed E-state index contributed by atoms with van der Waals surface area (Å²) < 4.78 is 5.43. The van der Waals surface area contributed by atoms with Gasteiger partial charge in [-0.05, 0) is 54.5 Å². The number of nitrogens with one attached hydrogen (secondary N) is 1. The predicted molar refractivity (Wildman–Crippen MR) is 93.5 cm³/mol. The van der Waals surface area contributed by atoms with Crippen LogP contribution in [0.25, 0.3) is 0 Å². The van der Waals surface area contributed by atoms with Crippen molar-refractivity contribution in [2.45, 2.75) is 38.3 Å². The van der Waals surface area contributed by atoms with Gasteiger partial charge < -0.3 is 15.0 Å². The highest BCUT2D eigenvalue weighted by Crippen LogP contribution is 2.22. The highest BCUT2D eigenvalue weighted by molar-refractivity contribution is 5.80. The molecule has 0 unspecified atom stereocenters. The van der Waals surface area contributed by atoms with E-state index in [1.807, 2.05) is 0 Å². The normalized spacial score (nSPS) is 22.4. The second-order valence-corrected chi connectivity index (χ2v) is 6.76. The van der Waals surface area contributed by atoms with Gasteiger partial charge in [0.05, 0.1) is 0 Å². The van der Waals surface area contributed by atoms with E-state index in [9.17, 15) is 4.79 Å². The molecule has 1 atom stereocenters. The fourth-order valence-corrected chi connectivity index (χ4v) is 3.63. The number of ether oxygens (including phenoxy) is 1. The van der Waals surface area contributed by atoms with Crippen LogP contribution in [0.5, 0.6) is 0 Å². The lowest BCUT2D eigenvalue weighted by Crippen LogP contribution is -2.33. The van der Waals surface area contributed by atoms with Crippen LogP contribution in [0.2, 0.25) is 0 Å². The summed E-state index contributed by atoms with van der Waals surface area (Å²) in [6.45, 7) is 3.44. The van der Waals surface area contributed by atoms with Crippen LogP contribution >= 0.6 is 0 Å². The molecular weight excluding hydrogens is 300 g/mol. The Morgan fingerprint density at radius 2 is 2.08 bits per heavy atom. The number of carbonyl (C=O) groups excluding carboxylic acids is 1. The summed E-state index contributed by atoms with van der Waals surface area (Å²) in [6, 6.07) is 6.64. The maximum Gasteiger partial charge on any atom is 0.249 e. The zero-order chi connectivity index (χ0) is 16.4. The van der Waals surface area contributed by atoms with Crippen molar-refractivity contribution in [3.05, 3.63) is 58.8 Å². The minimum absolute atomic E-state index is 0.0253. The van der Waals surface area contributed by atoms with Crippen LogP contribution in [0.3, 0.4) is 0 Å². The van der Waals surface area contributed by atoms with Crippen LogP contribution in [0.4, 0.5) is 0 Å². The van der Waals surface area contributed by atoms with Crippen molar-refractivity contribution in [2.75, 3.05) is 19.7 Å². The Balaban J connectivity index is 1.37. The number of hydrogen-bond acceptors (Lipinski definition) is 3. The summed E-state index contributed by atoms with van der Waals surface area (Å²) in [4.78, 5) is 14.5. The van der Waals surface area contributed by atoms with Crippen molar-refractivity contribution in [2.24, 2.45) is 0 Å². The minimum Gasteiger partial charge on any atom is -0.371 e. The van der Waals surface area contributed by atoms with E-state index in [1.54, 1.807) is 0 Å². The summed E-state index contributed by atoms with van der Waals surface area (Å²) in [5, 5.41) is 3.02. The molecule has 4 nitrogen and oxygen atoms in total. The Morgan fingerprint density at radius 1 is 1.25 bits per heavy atom. The molecule has 1 aromatic carbocycles. The van der Waals surface area contributed by atoms with E-state index in [1.165, 1.54) is 22.4 Å². The molecule has 0 radical (unpaired) electrons. The average Bonchev–Trinajstić information content (AvgIpc) is 3.01. The second-order valence-electron chi connectivity index (χ2n) is 6.76. The first-order valence-corrected chi connectivity index (χ1v) is 8.93. The van der Waals surface area contributed by atoms with Gasteiger partial charge in [0.15, 0.2) is 0 Å². The van der Waals surface area contributed by atoms with Crippen LogP contribution in [0.1, 0.15) is 29.5 Å². The number of fused-ring (bicyclic) bond motifs is 1. The lowest BCUT2D eigenvalue weighted by Gasteiger charge is -2.26. The number of nitrogens with zero attached hydrogens (tertiary/aromatic N) is 1. The third kappa shape index (κ3) is 3.24. The van der Waals surface area contributed by atoms with E-state index in [2.05, 4.69) is 46.6 Å². The molecule has 1 fully saturated rings. The molecule has 4 heteroatoms. The number of amides is 1. The van der Waals surface area contributed by atoms with E-state index in [4.69, 9.17) is 4.74 Å². The fraction of sp³-hybridized carbons (Fsp3) is 0.450.